The highest BCUT2D eigenvalue weighted by atomic mass is 35.5. The van der Waals surface area contributed by atoms with Crippen LogP contribution in [0.3, 0.4) is 0 Å². The van der Waals surface area contributed by atoms with E-state index < -0.39 is 0 Å². The molecule has 0 radical (unpaired) electrons. The van der Waals surface area contributed by atoms with Crippen molar-refractivity contribution in [2.24, 2.45) is 0 Å². The molecule has 128 valence electrons. The molecule has 0 saturated carbocycles. The van der Waals surface area contributed by atoms with E-state index in [-0.39, 0.29) is 11.9 Å². The number of carbonyl (C=O) groups is 1. The van der Waals surface area contributed by atoms with Crippen molar-refractivity contribution < 1.29 is 9.53 Å². The number of carbonyl (C=O) groups excluding carboxylic acids is 1. The van der Waals surface area contributed by atoms with Crippen LogP contribution in [0, 0.1) is 0 Å². The van der Waals surface area contributed by atoms with Gasteiger partial charge in [0.05, 0.1) is 30.4 Å². The van der Waals surface area contributed by atoms with Crippen LogP contribution in [0.25, 0.3) is 0 Å². The fourth-order valence-electron chi connectivity index (χ4n) is 2.84. The van der Waals surface area contributed by atoms with Gasteiger partial charge in [0.15, 0.2) is 0 Å². The smallest absolute Gasteiger partial charge is 0.224 e. The quantitative estimate of drug-likeness (QED) is 0.745. The number of rotatable bonds is 5. The lowest BCUT2D eigenvalue weighted by molar-refractivity contribution is -0.116. The largest absolute Gasteiger partial charge is 0.495 e. The van der Waals surface area contributed by atoms with E-state index in [0.717, 1.165) is 11.3 Å². The molecule has 1 amide bonds. The molecule has 1 atom stereocenters. The summed E-state index contributed by atoms with van der Waals surface area (Å²) in [4.78, 5) is 21.5. The van der Waals surface area contributed by atoms with E-state index in [0.29, 0.717) is 16.5 Å². The number of ether oxygens (including phenoxy) is 1. The minimum atomic E-state index is -0.342. The number of halogens is 1. The zero-order valence-electron chi connectivity index (χ0n) is 13.9. The molecule has 1 aromatic heterocycles. The van der Waals surface area contributed by atoms with Crippen LogP contribution in [0.15, 0.2) is 61.1 Å². The minimum Gasteiger partial charge on any atom is -0.495 e. The number of hydrogen-bond acceptors (Lipinski definition) is 3. The topological polar surface area (TPSA) is 58.2 Å². The van der Waals surface area contributed by atoms with Gasteiger partial charge in [0.2, 0.25) is 5.91 Å². The summed E-state index contributed by atoms with van der Waals surface area (Å²) < 4.78 is 5.21. The Balaban J connectivity index is 2.13. The van der Waals surface area contributed by atoms with Gasteiger partial charge >= 0.3 is 0 Å². The lowest BCUT2D eigenvalue weighted by Crippen LogP contribution is -2.34. The molecule has 25 heavy (non-hydrogen) atoms. The number of anilines is 1. The molecule has 0 aliphatic carbocycles. The van der Waals surface area contributed by atoms with E-state index in [1.165, 1.54) is 6.92 Å². The summed E-state index contributed by atoms with van der Waals surface area (Å²) in [6.07, 6.45) is 3.32. The maximum absolute atomic E-state index is 12.5. The first kappa shape index (κ1) is 17.0. The molecule has 5 nitrogen and oxygen atoms in total. The molecule has 0 saturated heterocycles. The SMILES string of the molecule is COc1ccc(N(C(C)=O)C(c2ccccc2)c2cnc[nH]2)cc1Cl. The van der Waals surface area contributed by atoms with Crippen LogP contribution in [0.2, 0.25) is 5.02 Å². The number of amides is 1. The van der Waals surface area contributed by atoms with Crippen LogP contribution >= 0.6 is 11.6 Å². The van der Waals surface area contributed by atoms with Gasteiger partial charge in [-0.05, 0) is 23.8 Å². The van der Waals surface area contributed by atoms with Gasteiger partial charge in [0, 0.05) is 12.6 Å². The van der Waals surface area contributed by atoms with Gasteiger partial charge in [0.1, 0.15) is 11.8 Å². The number of nitrogens with one attached hydrogen (secondary N) is 1. The number of imidazole rings is 1. The van der Waals surface area contributed by atoms with E-state index in [1.54, 1.807) is 36.7 Å². The summed E-state index contributed by atoms with van der Waals surface area (Å²) in [5.74, 6) is 0.455. The normalized spacial score (nSPS) is 11.8. The maximum atomic E-state index is 12.5. The molecular formula is C19H18ClN3O2. The van der Waals surface area contributed by atoms with Crippen LogP contribution in [-0.4, -0.2) is 23.0 Å². The standard InChI is InChI=1S/C19H18ClN3O2/c1-13(24)23(15-8-9-18(25-2)16(20)10-15)19(17-11-21-12-22-17)14-6-4-3-5-7-14/h3-12,19H,1-2H3,(H,21,22). The van der Waals surface area contributed by atoms with Gasteiger partial charge in [-0.15, -0.1) is 0 Å². The summed E-state index contributed by atoms with van der Waals surface area (Å²) in [5.41, 5.74) is 2.46. The summed E-state index contributed by atoms with van der Waals surface area (Å²) in [6, 6.07) is 14.7. The van der Waals surface area contributed by atoms with Crippen LogP contribution < -0.4 is 9.64 Å². The van der Waals surface area contributed by atoms with E-state index in [9.17, 15) is 4.79 Å². The fourth-order valence-corrected chi connectivity index (χ4v) is 3.09. The van der Waals surface area contributed by atoms with Crippen molar-refractivity contribution in [3.8, 4) is 5.75 Å². The monoisotopic (exact) mass is 355 g/mol. The average Bonchev–Trinajstić information content (AvgIpc) is 3.14. The average molecular weight is 356 g/mol. The van der Waals surface area contributed by atoms with Crippen molar-refractivity contribution in [1.29, 1.82) is 0 Å². The molecule has 0 aliphatic rings. The zero-order chi connectivity index (χ0) is 17.8. The number of methoxy groups -OCH3 is 1. The minimum absolute atomic E-state index is 0.107. The van der Waals surface area contributed by atoms with Gasteiger partial charge in [0.25, 0.3) is 0 Å². The molecule has 0 fully saturated rings. The number of hydrogen-bond donors (Lipinski definition) is 1. The van der Waals surface area contributed by atoms with Crippen LogP contribution in [0.5, 0.6) is 5.75 Å². The Bertz CT molecular complexity index is 850. The number of H-pyrrole nitrogens is 1. The second-order valence-corrected chi connectivity index (χ2v) is 5.94. The number of aromatic nitrogens is 2. The second kappa shape index (κ2) is 7.40. The van der Waals surface area contributed by atoms with Crippen molar-refractivity contribution >= 4 is 23.2 Å². The molecular weight excluding hydrogens is 338 g/mol. The van der Waals surface area contributed by atoms with E-state index in [4.69, 9.17) is 16.3 Å². The van der Waals surface area contributed by atoms with Crippen molar-refractivity contribution in [2.75, 3.05) is 12.0 Å². The molecule has 2 aromatic carbocycles. The number of aromatic amines is 1. The van der Waals surface area contributed by atoms with Crippen molar-refractivity contribution in [1.82, 2.24) is 9.97 Å². The molecule has 1 unspecified atom stereocenters. The summed E-state index contributed by atoms with van der Waals surface area (Å²) >= 11 is 6.27. The lowest BCUT2D eigenvalue weighted by Gasteiger charge is -2.31. The summed E-state index contributed by atoms with van der Waals surface area (Å²) in [7, 11) is 1.56. The Hall–Kier alpha value is -2.79. The second-order valence-electron chi connectivity index (χ2n) is 5.53. The molecule has 1 heterocycles. The van der Waals surface area contributed by atoms with Gasteiger partial charge in [-0.2, -0.15) is 0 Å². The predicted octanol–water partition coefficient (Wildman–Crippen LogP) is 4.21. The first-order valence-corrected chi connectivity index (χ1v) is 8.16. The van der Waals surface area contributed by atoms with Crippen LogP contribution in [-0.2, 0) is 4.79 Å². The molecule has 3 rings (SSSR count). The number of benzene rings is 2. The Morgan fingerprint density at radius 1 is 1.24 bits per heavy atom. The Kier molecular flexibility index (Phi) is 5.05. The molecule has 6 heteroatoms. The summed E-state index contributed by atoms with van der Waals surface area (Å²) in [5, 5.41) is 0.447. The van der Waals surface area contributed by atoms with Gasteiger partial charge < -0.3 is 9.72 Å². The van der Waals surface area contributed by atoms with Crippen molar-refractivity contribution in [3.05, 3.63) is 77.3 Å². The Labute approximate surface area is 151 Å². The summed E-state index contributed by atoms with van der Waals surface area (Å²) in [6.45, 7) is 1.53. The van der Waals surface area contributed by atoms with E-state index >= 15 is 0 Å². The highest BCUT2D eigenvalue weighted by Crippen LogP contribution is 2.35. The Morgan fingerprint density at radius 2 is 2.00 bits per heavy atom. The van der Waals surface area contributed by atoms with E-state index in [2.05, 4.69) is 9.97 Å². The fraction of sp³-hybridized carbons (Fsp3) is 0.158. The van der Waals surface area contributed by atoms with Gasteiger partial charge in [-0.25, -0.2) is 4.98 Å². The first-order valence-electron chi connectivity index (χ1n) is 7.78. The van der Waals surface area contributed by atoms with Crippen LogP contribution in [0.4, 0.5) is 5.69 Å². The third-order valence-corrected chi connectivity index (χ3v) is 4.24. The molecule has 0 bridgehead atoms. The molecule has 1 N–H and O–H groups in total. The highest BCUT2D eigenvalue weighted by Gasteiger charge is 2.27. The van der Waals surface area contributed by atoms with Crippen LogP contribution in [0.1, 0.15) is 24.2 Å². The number of nitrogens with zero attached hydrogens (tertiary/aromatic N) is 2. The Morgan fingerprint density at radius 3 is 2.56 bits per heavy atom. The van der Waals surface area contributed by atoms with E-state index in [1.807, 2.05) is 36.4 Å². The zero-order valence-corrected chi connectivity index (χ0v) is 14.7. The van der Waals surface area contributed by atoms with Gasteiger partial charge in [-0.1, -0.05) is 41.9 Å². The molecule has 0 spiro atoms. The van der Waals surface area contributed by atoms with Crippen molar-refractivity contribution in [3.63, 3.8) is 0 Å². The first-order chi connectivity index (χ1) is 12.1. The van der Waals surface area contributed by atoms with Crippen molar-refractivity contribution in [2.45, 2.75) is 13.0 Å². The molecule has 0 aliphatic heterocycles. The highest BCUT2D eigenvalue weighted by molar-refractivity contribution is 6.32. The third kappa shape index (κ3) is 3.51. The lowest BCUT2D eigenvalue weighted by atomic mass is 10.0. The maximum Gasteiger partial charge on any atom is 0.224 e. The predicted molar refractivity (Wildman–Crippen MR) is 98.0 cm³/mol. The third-order valence-electron chi connectivity index (χ3n) is 3.94. The van der Waals surface area contributed by atoms with Gasteiger partial charge in [-0.3, -0.25) is 9.69 Å². The molecule has 3 aromatic rings.